The molecule has 0 radical (unpaired) electrons. The summed E-state index contributed by atoms with van der Waals surface area (Å²) in [4.78, 5) is 32.7. The summed E-state index contributed by atoms with van der Waals surface area (Å²) in [6.45, 7) is 7.72. The van der Waals surface area contributed by atoms with Crippen LogP contribution in [0.3, 0.4) is 0 Å². The Morgan fingerprint density at radius 3 is 2.67 bits per heavy atom. The number of fused-ring (bicyclic) bond motifs is 1. The molecular weight excluding hydrogens is 398 g/mol. The van der Waals surface area contributed by atoms with Crippen molar-refractivity contribution in [3.05, 3.63) is 63.9 Å². The summed E-state index contributed by atoms with van der Waals surface area (Å²) in [5.41, 5.74) is 3.42. The zero-order chi connectivity index (χ0) is 21.3. The lowest BCUT2D eigenvalue weighted by Crippen LogP contribution is -2.45. The Labute approximate surface area is 179 Å². The molecule has 1 aliphatic rings. The average Bonchev–Trinajstić information content (AvgIpc) is 2.71. The summed E-state index contributed by atoms with van der Waals surface area (Å²) in [5, 5.41) is 1.09. The van der Waals surface area contributed by atoms with E-state index in [2.05, 4.69) is 6.07 Å². The zero-order valence-electron chi connectivity index (χ0n) is 17.4. The Balaban J connectivity index is 1.72. The molecule has 1 unspecified atom stereocenters. The Morgan fingerprint density at radius 1 is 1.20 bits per heavy atom. The van der Waals surface area contributed by atoms with E-state index in [1.807, 2.05) is 56.0 Å². The van der Waals surface area contributed by atoms with Crippen LogP contribution in [-0.4, -0.2) is 51.9 Å². The van der Waals surface area contributed by atoms with Gasteiger partial charge >= 0.3 is 0 Å². The highest BCUT2D eigenvalue weighted by atomic mass is 32.2. The average molecular weight is 424 g/mol. The summed E-state index contributed by atoms with van der Waals surface area (Å²) in [5.74, 6) is 0.256. The molecule has 1 aliphatic heterocycles. The SMILES string of the molecule is Cc1cc(C)cc(-n2c(SCC(=O)N3CCOC(C)C3)nc3ccccc3c2=O)c1. The molecule has 4 rings (SSSR count). The Bertz CT molecular complexity index is 1140. The molecule has 1 fully saturated rings. The van der Waals surface area contributed by atoms with Crippen molar-refractivity contribution in [2.75, 3.05) is 25.4 Å². The molecular formula is C23H25N3O3S. The predicted octanol–water partition coefficient (Wildman–Crippen LogP) is 3.34. The lowest BCUT2D eigenvalue weighted by atomic mass is 10.1. The van der Waals surface area contributed by atoms with E-state index in [0.29, 0.717) is 35.8 Å². The van der Waals surface area contributed by atoms with Crippen LogP contribution in [0.2, 0.25) is 0 Å². The maximum absolute atomic E-state index is 13.4. The van der Waals surface area contributed by atoms with Crippen molar-refractivity contribution < 1.29 is 9.53 Å². The maximum atomic E-state index is 13.4. The van der Waals surface area contributed by atoms with Crippen molar-refractivity contribution in [3.63, 3.8) is 0 Å². The van der Waals surface area contributed by atoms with Crippen LogP contribution in [0.25, 0.3) is 16.6 Å². The number of carbonyl (C=O) groups excluding carboxylic acids is 1. The van der Waals surface area contributed by atoms with Gasteiger partial charge in [0.05, 0.1) is 35.1 Å². The molecule has 156 valence electrons. The number of ether oxygens (including phenoxy) is 1. The van der Waals surface area contributed by atoms with Crippen molar-refractivity contribution in [1.29, 1.82) is 0 Å². The molecule has 0 bridgehead atoms. The lowest BCUT2D eigenvalue weighted by molar-refractivity contribution is -0.135. The molecule has 3 aromatic rings. The van der Waals surface area contributed by atoms with Crippen LogP contribution in [0.4, 0.5) is 0 Å². The number of para-hydroxylation sites is 1. The first-order chi connectivity index (χ1) is 14.4. The molecule has 0 aliphatic carbocycles. The number of amides is 1. The zero-order valence-corrected chi connectivity index (χ0v) is 18.2. The van der Waals surface area contributed by atoms with Gasteiger partial charge in [-0.25, -0.2) is 4.98 Å². The maximum Gasteiger partial charge on any atom is 0.266 e. The fourth-order valence-corrected chi connectivity index (χ4v) is 4.69. The molecule has 0 saturated carbocycles. The van der Waals surface area contributed by atoms with Gasteiger partial charge in [-0.3, -0.25) is 14.2 Å². The van der Waals surface area contributed by atoms with Crippen LogP contribution in [0, 0.1) is 13.8 Å². The number of morpholine rings is 1. The van der Waals surface area contributed by atoms with Crippen molar-refractivity contribution in [2.45, 2.75) is 32.0 Å². The smallest absolute Gasteiger partial charge is 0.266 e. The lowest BCUT2D eigenvalue weighted by Gasteiger charge is -2.31. The van der Waals surface area contributed by atoms with Gasteiger partial charge in [-0.05, 0) is 56.2 Å². The third kappa shape index (κ3) is 4.27. The van der Waals surface area contributed by atoms with Crippen LogP contribution >= 0.6 is 11.8 Å². The summed E-state index contributed by atoms with van der Waals surface area (Å²) in [6.07, 6.45) is 0.0416. The minimum absolute atomic E-state index is 0.0320. The molecule has 1 atom stereocenters. The number of carbonyl (C=O) groups is 1. The molecule has 0 spiro atoms. The molecule has 1 saturated heterocycles. The standard InChI is InChI=1S/C23H25N3O3S/c1-15-10-16(2)12-18(11-15)26-22(28)19-6-4-5-7-20(19)24-23(26)30-14-21(27)25-8-9-29-17(3)13-25/h4-7,10-12,17H,8-9,13-14H2,1-3H3. The molecule has 1 amide bonds. The quantitative estimate of drug-likeness (QED) is 0.476. The second-order valence-electron chi connectivity index (χ2n) is 7.71. The van der Waals surface area contributed by atoms with E-state index in [1.165, 1.54) is 11.8 Å². The minimum atomic E-state index is -0.124. The first-order valence-corrected chi connectivity index (χ1v) is 11.0. The molecule has 7 heteroatoms. The van der Waals surface area contributed by atoms with E-state index in [4.69, 9.17) is 9.72 Å². The molecule has 0 N–H and O–H groups in total. The number of nitrogens with zero attached hydrogens (tertiary/aromatic N) is 3. The van der Waals surface area contributed by atoms with Crippen molar-refractivity contribution in [1.82, 2.24) is 14.5 Å². The van der Waals surface area contributed by atoms with Crippen molar-refractivity contribution in [3.8, 4) is 5.69 Å². The van der Waals surface area contributed by atoms with Gasteiger partial charge in [-0.2, -0.15) is 0 Å². The van der Waals surface area contributed by atoms with Gasteiger partial charge in [0.2, 0.25) is 5.91 Å². The number of aryl methyl sites for hydroxylation is 2. The summed E-state index contributed by atoms with van der Waals surface area (Å²) in [7, 11) is 0. The highest BCUT2D eigenvalue weighted by Crippen LogP contribution is 2.23. The van der Waals surface area contributed by atoms with Crippen LogP contribution in [-0.2, 0) is 9.53 Å². The number of aromatic nitrogens is 2. The Kier molecular flexibility index (Phi) is 5.92. The van der Waals surface area contributed by atoms with Crippen LogP contribution in [0.5, 0.6) is 0 Å². The molecule has 2 aromatic carbocycles. The summed E-state index contributed by atoms with van der Waals surface area (Å²) in [6, 6.07) is 13.3. The van der Waals surface area contributed by atoms with E-state index >= 15 is 0 Å². The number of hydrogen-bond donors (Lipinski definition) is 0. The van der Waals surface area contributed by atoms with Gasteiger partial charge in [0.25, 0.3) is 5.56 Å². The predicted molar refractivity (Wildman–Crippen MR) is 120 cm³/mol. The van der Waals surface area contributed by atoms with Crippen LogP contribution in [0.15, 0.2) is 52.4 Å². The fraction of sp³-hybridized carbons (Fsp3) is 0.348. The van der Waals surface area contributed by atoms with Crippen LogP contribution < -0.4 is 5.56 Å². The van der Waals surface area contributed by atoms with E-state index in [0.717, 1.165) is 16.8 Å². The Hall–Kier alpha value is -2.64. The molecule has 30 heavy (non-hydrogen) atoms. The van der Waals surface area contributed by atoms with Gasteiger partial charge in [0.15, 0.2) is 5.16 Å². The van der Waals surface area contributed by atoms with Crippen molar-refractivity contribution in [2.24, 2.45) is 0 Å². The minimum Gasteiger partial charge on any atom is -0.375 e. The molecule has 1 aromatic heterocycles. The van der Waals surface area contributed by atoms with E-state index in [9.17, 15) is 9.59 Å². The first kappa shape index (κ1) is 20.6. The fourth-order valence-electron chi connectivity index (χ4n) is 3.78. The largest absolute Gasteiger partial charge is 0.375 e. The van der Waals surface area contributed by atoms with Crippen LogP contribution in [0.1, 0.15) is 18.1 Å². The summed E-state index contributed by atoms with van der Waals surface area (Å²) >= 11 is 1.31. The number of rotatable bonds is 4. The first-order valence-electron chi connectivity index (χ1n) is 10.0. The topological polar surface area (TPSA) is 64.4 Å². The number of thioether (sulfide) groups is 1. The second-order valence-corrected chi connectivity index (χ2v) is 8.65. The third-order valence-corrected chi connectivity index (χ3v) is 6.05. The van der Waals surface area contributed by atoms with Gasteiger partial charge < -0.3 is 9.64 Å². The molecule has 6 nitrogen and oxygen atoms in total. The van der Waals surface area contributed by atoms with Gasteiger partial charge in [0.1, 0.15) is 0 Å². The number of hydrogen-bond acceptors (Lipinski definition) is 5. The van der Waals surface area contributed by atoms with Gasteiger partial charge in [-0.15, -0.1) is 0 Å². The third-order valence-electron chi connectivity index (χ3n) is 5.13. The highest BCUT2D eigenvalue weighted by molar-refractivity contribution is 7.99. The van der Waals surface area contributed by atoms with E-state index < -0.39 is 0 Å². The Morgan fingerprint density at radius 2 is 1.93 bits per heavy atom. The number of benzene rings is 2. The van der Waals surface area contributed by atoms with Gasteiger partial charge in [0, 0.05) is 13.1 Å². The second kappa shape index (κ2) is 8.62. The molecule has 2 heterocycles. The van der Waals surface area contributed by atoms with Crippen molar-refractivity contribution >= 4 is 28.6 Å². The highest BCUT2D eigenvalue weighted by Gasteiger charge is 2.22. The monoisotopic (exact) mass is 423 g/mol. The van der Waals surface area contributed by atoms with Gasteiger partial charge in [-0.1, -0.05) is 30.0 Å². The summed E-state index contributed by atoms with van der Waals surface area (Å²) < 4.78 is 7.15. The van der Waals surface area contributed by atoms with E-state index in [-0.39, 0.29) is 23.3 Å². The van der Waals surface area contributed by atoms with E-state index in [1.54, 1.807) is 10.6 Å². The normalized spacial score (nSPS) is 16.8.